The number of halogens is 1. The molecular weight excluding hydrogens is 563 g/mol. The monoisotopic (exact) mass is 580 g/mol. The maximum absolute atomic E-state index is 4.68. The maximum Gasteiger partial charge on any atom is 0.108 e. The Morgan fingerprint density at radius 3 is 2.36 bits per heavy atom. The van der Waals surface area contributed by atoms with Gasteiger partial charge in [0.05, 0.1) is 5.82 Å². The van der Waals surface area contributed by atoms with Crippen LogP contribution in [0.4, 0.5) is 0 Å². The summed E-state index contributed by atoms with van der Waals surface area (Å²) in [4.78, 5) is 4.68. The van der Waals surface area contributed by atoms with E-state index in [-0.39, 0.29) is 20.1 Å². The van der Waals surface area contributed by atoms with Crippen LogP contribution < -0.4 is 0 Å². The molecule has 4 heteroatoms. The molecule has 115 valence electrons. The molecule has 1 aromatic heterocycles. The summed E-state index contributed by atoms with van der Waals surface area (Å²) in [6, 6.07) is 15.7. The largest absolute Gasteiger partial charge is 0.338 e. The zero-order valence-electron chi connectivity index (χ0n) is 12.6. The van der Waals surface area contributed by atoms with E-state index in [2.05, 4.69) is 77.3 Å². The van der Waals surface area contributed by atoms with Gasteiger partial charge in [0.15, 0.2) is 0 Å². The van der Waals surface area contributed by atoms with Crippen LogP contribution in [0.1, 0.15) is 16.7 Å². The second-order valence-electron chi connectivity index (χ2n) is 5.28. The molecule has 2 aromatic carbocycles. The second kappa shape index (κ2) is 7.07. The van der Waals surface area contributed by atoms with Crippen molar-refractivity contribution in [2.24, 2.45) is 0 Å². The molecule has 0 amide bonds. The summed E-state index contributed by atoms with van der Waals surface area (Å²) in [5, 5.41) is 0. The normalized spacial score (nSPS) is 10.4. The van der Waals surface area contributed by atoms with Crippen LogP contribution in [0.5, 0.6) is 0 Å². The van der Waals surface area contributed by atoms with Crippen molar-refractivity contribution < 1.29 is 20.1 Å². The zero-order chi connectivity index (χ0) is 15.0. The Balaban J connectivity index is 0.00000176. The number of imidazole rings is 1. The van der Waals surface area contributed by atoms with Crippen LogP contribution in [0.3, 0.4) is 0 Å². The number of rotatable bonds is 2. The molecule has 0 fully saturated rings. The van der Waals surface area contributed by atoms with Crippen LogP contribution in [0.2, 0.25) is 0 Å². The van der Waals surface area contributed by atoms with Gasteiger partial charge in [-0.05, 0) is 54.5 Å². The molecule has 1 heterocycles. The molecule has 0 aliphatic heterocycles. The topological polar surface area (TPSA) is 17.8 Å². The molecule has 22 heavy (non-hydrogen) atoms. The smallest absolute Gasteiger partial charge is 0.108 e. The first kappa shape index (κ1) is 17.4. The standard InChI is InChI=1S/C18H16IN2.Ir/c1-12-9-13(2)17(14(3)10-12)21-11-16(19)20-18(21)15-7-5-4-6-8-15;/h4-7,9-11H,1-3H3;/q-1;. The molecule has 0 aliphatic carbocycles. The Morgan fingerprint density at radius 2 is 1.77 bits per heavy atom. The molecule has 2 nitrogen and oxygen atoms in total. The van der Waals surface area contributed by atoms with E-state index in [0.717, 1.165) is 15.1 Å². The Morgan fingerprint density at radius 1 is 1.09 bits per heavy atom. The molecule has 1 radical (unpaired) electrons. The Hall–Kier alpha value is -0.971. The molecule has 0 spiro atoms. The van der Waals surface area contributed by atoms with Crippen LogP contribution in [0, 0.1) is 30.5 Å². The third kappa shape index (κ3) is 3.34. The number of hydrogen-bond acceptors (Lipinski definition) is 1. The third-order valence-corrected chi connectivity index (χ3v) is 4.02. The first-order valence-corrected chi connectivity index (χ1v) is 7.94. The van der Waals surface area contributed by atoms with Gasteiger partial charge < -0.3 is 4.57 Å². The number of hydrogen-bond donors (Lipinski definition) is 0. The van der Waals surface area contributed by atoms with Crippen LogP contribution in [0.25, 0.3) is 17.1 Å². The van der Waals surface area contributed by atoms with Gasteiger partial charge in [0, 0.05) is 32.0 Å². The molecular formula is C18H16IIrN2-. The fourth-order valence-electron chi connectivity index (χ4n) is 2.80. The van der Waals surface area contributed by atoms with Crippen molar-refractivity contribution in [3.63, 3.8) is 0 Å². The molecule has 3 rings (SSSR count). The van der Waals surface area contributed by atoms with Crippen LogP contribution in [0.15, 0.2) is 42.6 Å². The molecule has 0 unspecified atom stereocenters. The van der Waals surface area contributed by atoms with Gasteiger partial charge in [-0.3, -0.25) is 4.98 Å². The minimum atomic E-state index is 0. The molecule has 0 N–H and O–H groups in total. The summed E-state index contributed by atoms with van der Waals surface area (Å²) in [6.45, 7) is 6.44. The van der Waals surface area contributed by atoms with Crippen molar-refractivity contribution in [1.82, 2.24) is 9.55 Å². The van der Waals surface area contributed by atoms with E-state index in [1.165, 1.54) is 22.4 Å². The molecule has 0 aliphatic rings. The third-order valence-electron chi connectivity index (χ3n) is 3.50. The Bertz CT molecular complexity index is 771. The number of aromatic nitrogens is 2. The minimum Gasteiger partial charge on any atom is -0.338 e. The van der Waals surface area contributed by atoms with E-state index in [1.807, 2.05) is 24.3 Å². The predicted octanol–water partition coefficient (Wildman–Crippen LogP) is 4.87. The number of nitrogens with zero attached hydrogens (tertiary/aromatic N) is 2. The van der Waals surface area contributed by atoms with Crippen molar-refractivity contribution >= 4 is 22.6 Å². The molecule has 0 saturated carbocycles. The van der Waals surface area contributed by atoms with Crippen LogP contribution in [-0.4, -0.2) is 9.55 Å². The fourth-order valence-corrected chi connectivity index (χ4v) is 3.30. The van der Waals surface area contributed by atoms with Crippen molar-refractivity contribution in [3.05, 3.63) is 69.1 Å². The number of benzene rings is 2. The SMILES string of the molecule is Cc1cc(C)c(-n2cc(I)nc2-c2[c-]cccc2)c(C)c1.[Ir]. The van der Waals surface area contributed by atoms with Gasteiger partial charge in [-0.25, -0.2) is 0 Å². The first-order valence-electron chi connectivity index (χ1n) is 6.86. The van der Waals surface area contributed by atoms with Crippen LogP contribution in [-0.2, 0) is 20.1 Å². The van der Waals surface area contributed by atoms with Crippen molar-refractivity contribution in [1.29, 1.82) is 0 Å². The van der Waals surface area contributed by atoms with E-state index in [9.17, 15) is 0 Å². The van der Waals surface area contributed by atoms with Crippen LogP contribution >= 0.6 is 22.6 Å². The van der Waals surface area contributed by atoms with Gasteiger partial charge in [0.1, 0.15) is 3.70 Å². The van der Waals surface area contributed by atoms with Gasteiger partial charge in [-0.15, -0.1) is 35.9 Å². The van der Waals surface area contributed by atoms with E-state index < -0.39 is 0 Å². The number of aryl methyl sites for hydroxylation is 3. The minimum absolute atomic E-state index is 0. The van der Waals surface area contributed by atoms with E-state index in [1.54, 1.807) is 0 Å². The summed E-state index contributed by atoms with van der Waals surface area (Å²) in [7, 11) is 0. The molecule has 0 atom stereocenters. The first-order chi connectivity index (χ1) is 10.1. The summed E-state index contributed by atoms with van der Waals surface area (Å²) in [5.41, 5.74) is 6.04. The summed E-state index contributed by atoms with van der Waals surface area (Å²) in [5.74, 6) is 0.940. The van der Waals surface area contributed by atoms with Gasteiger partial charge in [-0.2, -0.15) is 0 Å². The Labute approximate surface area is 158 Å². The van der Waals surface area contributed by atoms with Gasteiger partial charge in [0.25, 0.3) is 0 Å². The van der Waals surface area contributed by atoms with Crippen molar-refractivity contribution in [2.45, 2.75) is 20.8 Å². The van der Waals surface area contributed by atoms with Crippen molar-refractivity contribution in [3.8, 4) is 17.1 Å². The quantitative estimate of drug-likeness (QED) is 0.313. The second-order valence-corrected chi connectivity index (χ2v) is 6.39. The Kier molecular flexibility index (Phi) is 5.59. The molecule has 0 saturated heterocycles. The van der Waals surface area contributed by atoms with E-state index >= 15 is 0 Å². The average Bonchev–Trinajstić information content (AvgIpc) is 2.80. The fraction of sp³-hybridized carbons (Fsp3) is 0.167. The van der Waals surface area contributed by atoms with Crippen molar-refractivity contribution in [2.75, 3.05) is 0 Å². The van der Waals surface area contributed by atoms with Gasteiger partial charge in [-0.1, -0.05) is 17.7 Å². The maximum atomic E-state index is 4.68. The molecule has 0 bridgehead atoms. The zero-order valence-corrected chi connectivity index (χ0v) is 17.2. The predicted molar refractivity (Wildman–Crippen MR) is 94.8 cm³/mol. The average molecular weight is 579 g/mol. The van der Waals surface area contributed by atoms with Gasteiger partial charge >= 0.3 is 0 Å². The summed E-state index contributed by atoms with van der Waals surface area (Å²) >= 11 is 2.26. The van der Waals surface area contributed by atoms with E-state index in [0.29, 0.717) is 0 Å². The van der Waals surface area contributed by atoms with E-state index in [4.69, 9.17) is 0 Å². The molecule has 3 aromatic rings. The summed E-state index contributed by atoms with van der Waals surface area (Å²) in [6.07, 6.45) is 2.08. The van der Waals surface area contributed by atoms with Gasteiger partial charge in [0.2, 0.25) is 0 Å². The summed E-state index contributed by atoms with van der Waals surface area (Å²) < 4.78 is 3.16.